The Kier molecular flexibility index (Phi) is 7.01. The van der Waals surface area contributed by atoms with E-state index in [1.807, 2.05) is 12.1 Å². The Balaban J connectivity index is 1.13. The van der Waals surface area contributed by atoms with Crippen molar-refractivity contribution in [3.63, 3.8) is 0 Å². The fraction of sp³-hybridized carbons (Fsp3) is 0.429. The summed E-state index contributed by atoms with van der Waals surface area (Å²) in [6, 6.07) is 15.5. The van der Waals surface area contributed by atoms with Crippen LogP contribution >= 0.6 is 11.8 Å². The number of thioether (sulfide) groups is 1. The van der Waals surface area contributed by atoms with Crippen molar-refractivity contribution in [1.82, 2.24) is 5.32 Å². The number of hydrogen-bond acceptors (Lipinski definition) is 6. The van der Waals surface area contributed by atoms with Crippen molar-refractivity contribution in [2.45, 2.75) is 49.0 Å². The van der Waals surface area contributed by atoms with Crippen molar-refractivity contribution in [3.05, 3.63) is 59.7 Å². The Hall–Kier alpha value is -3.31. The van der Waals surface area contributed by atoms with Gasteiger partial charge in [-0.2, -0.15) is 5.26 Å². The summed E-state index contributed by atoms with van der Waals surface area (Å²) in [6.07, 6.45) is 7.26. The molecule has 4 aliphatic carbocycles. The molecule has 4 fully saturated rings. The number of esters is 1. The van der Waals surface area contributed by atoms with E-state index in [0.29, 0.717) is 21.7 Å². The van der Waals surface area contributed by atoms with Crippen molar-refractivity contribution in [2.24, 2.45) is 17.8 Å². The third-order valence-corrected chi connectivity index (χ3v) is 8.59. The summed E-state index contributed by atoms with van der Waals surface area (Å²) in [5.41, 5.74) is 1.16. The number of anilines is 1. The summed E-state index contributed by atoms with van der Waals surface area (Å²) in [6.45, 7) is -0.457. The van der Waals surface area contributed by atoms with Crippen LogP contribution in [0.5, 0.6) is 0 Å². The lowest BCUT2D eigenvalue weighted by Crippen LogP contribution is -2.60. The highest BCUT2D eigenvalue weighted by Gasteiger charge is 2.51. The maximum atomic E-state index is 12.9. The molecule has 0 aromatic heterocycles. The van der Waals surface area contributed by atoms with Crippen LogP contribution in [0, 0.1) is 29.1 Å². The summed E-state index contributed by atoms with van der Waals surface area (Å²) in [7, 11) is 0. The van der Waals surface area contributed by atoms with E-state index in [-0.39, 0.29) is 17.2 Å². The van der Waals surface area contributed by atoms with Crippen LogP contribution in [0.3, 0.4) is 0 Å². The average molecular weight is 504 g/mol. The smallest absolute Gasteiger partial charge is 0.339 e. The quantitative estimate of drug-likeness (QED) is 0.405. The van der Waals surface area contributed by atoms with Crippen molar-refractivity contribution in [1.29, 1.82) is 5.26 Å². The lowest BCUT2D eigenvalue weighted by Gasteiger charge is -2.56. The second kappa shape index (κ2) is 10.4. The molecule has 4 saturated carbocycles. The molecule has 2 aromatic carbocycles. The van der Waals surface area contributed by atoms with Gasteiger partial charge in [0.05, 0.1) is 22.9 Å². The van der Waals surface area contributed by atoms with Crippen molar-refractivity contribution < 1.29 is 19.1 Å². The number of benzene rings is 2. The molecule has 8 heteroatoms. The lowest BCUT2D eigenvalue weighted by molar-refractivity contribution is -0.124. The Morgan fingerprint density at radius 1 is 0.972 bits per heavy atom. The first-order valence-corrected chi connectivity index (χ1v) is 13.4. The van der Waals surface area contributed by atoms with Crippen LogP contribution < -0.4 is 10.6 Å². The predicted molar refractivity (Wildman–Crippen MR) is 136 cm³/mol. The van der Waals surface area contributed by atoms with E-state index in [9.17, 15) is 14.4 Å². The Labute approximate surface area is 215 Å². The van der Waals surface area contributed by atoms with E-state index in [0.717, 1.165) is 37.0 Å². The largest absolute Gasteiger partial charge is 0.452 e. The zero-order valence-corrected chi connectivity index (χ0v) is 20.8. The molecule has 0 spiro atoms. The fourth-order valence-corrected chi connectivity index (χ4v) is 7.41. The molecule has 7 nitrogen and oxygen atoms in total. The number of nitriles is 1. The van der Waals surface area contributed by atoms with Crippen LogP contribution in [0.2, 0.25) is 0 Å². The van der Waals surface area contributed by atoms with Gasteiger partial charge in [0.15, 0.2) is 6.61 Å². The lowest BCUT2D eigenvalue weighted by atomic mass is 9.53. The molecule has 36 heavy (non-hydrogen) atoms. The van der Waals surface area contributed by atoms with Crippen LogP contribution in [0.1, 0.15) is 54.4 Å². The van der Waals surface area contributed by atoms with E-state index in [1.165, 1.54) is 31.0 Å². The molecule has 0 heterocycles. The molecule has 0 radical (unpaired) electrons. The number of nitrogens with one attached hydrogen (secondary N) is 2. The second-order valence-electron chi connectivity index (χ2n) is 10.3. The summed E-state index contributed by atoms with van der Waals surface area (Å²) in [4.78, 5) is 38.5. The van der Waals surface area contributed by atoms with Gasteiger partial charge in [0, 0.05) is 16.1 Å². The molecule has 2 N–H and O–H groups in total. The zero-order valence-electron chi connectivity index (χ0n) is 20.0. The minimum absolute atomic E-state index is 0.00379. The molecular weight excluding hydrogens is 474 g/mol. The van der Waals surface area contributed by atoms with E-state index in [1.54, 1.807) is 42.5 Å². The normalized spacial score (nSPS) is 25.6. The highest BCUT2D eigenvalue weighted by atomic mass is 32.2. The van der Waals surface area contributed by atoms with Gasteiger partial charge < -0.3 is 15.4 Å². The highest BCUT2D eigenvalue weighted by molar-refractivity contribution is 8.00. The summed E-state index contributed by atoms with van der Waals surface area (Å²) < 4.78 is 5.23. The zero-order chi connectivity index (χ0) is 25.1. The van der Waals surface area contributed by atoms with E-state index in [2.05, 4.69) is 10.6 Å². The van der Waals surface area contributed by atoms with Gasteiger partial charge >= 0.3 is 5.97 Å². The third-order valence-electron chi connectivity index (χ3n) is 7.52. The number of carbonyl (C=O) groups excluding carboxylic acids is 3. The van der Waals surface area contributed by atoms with Gasteiger partial charge in [0.1, 0.15) is 0 Å². The molecule has 0 unspecified atom stereocenters. The maximum absolute atomic E-state index is 12.9. The van der Waals surface area contributed by atoms with Crippen LogP contribution in [-0.4, -0.2) is 35.7 Å². The first-order chi connectivity index (χ1) is 17.4. The number of nitrogens with zero attached hydrogens (tertiary/aromatic N) is 1. The SMILES string of the molecule is N#Cc1cccc(NC(=O)COC(=O)c2ccccc2SCC(=O)NC23CC4CC(CC(C4)C2)C3)c1. The van der Waals surface area contributed by atoms with Gasteiger partial charge in [-0.15, -0.1) is 11.8 Å². The molecule has 0 saturated heterocycles. The third kappa shape index (κ3) is 5.57. The van der Waals surface area contributed by atoms with Crippen LogP contribution in [0.15, 0.2) is 53.4 Å². The van der Waals surface area contributed by atoms with Crippen molar-refractivity contribution >= 4 is 35.2 Å². The number of hydrogen-bond donors (Lipinski definition) is 2. The number of rotatable bonds is 8. The minimum atomic E-state index is -0.625. The van der Waals surface area contributed by atoms with Gasteiger partial charge in [-0.3, -0.25) is 9.59 Å². The second-order valence-corrected chi connectivity index (χ2v) is 11.4. The Morgan fingerprint density at radius 2 is 1.67 bits per heavy atom. The minimum Gasteiger partial charge on any atom is -0.452 e. The van der Waals surface area contributed by atoms with E-state index >= 15 is 0 Å². The Bertz CT molecular complexity index is 1190. The van der Waals surface area contributed by atoms with E-state index in [4.69, 9.17) is 10.00 Å². The molecular formula is C28H29N3O4S. The first kappa shape index (κ1) is 24.4. The van der Waals surface area contributed by atoms with Gasteiger partial charge in [-0.1, -0.05) is 18.2 Å². The van der Waals surface area contributed by atoms with Gasteiger partial charge in [0.25, 0.3) is 5.91 Å². The highest BCUT2D eigenvalue weighted by Crippen LogP contribution is 2.55. The summed E-state index contributed by atoms with van der Waals surface area (Å²) in [5.74, 6) is 1.37. The molecule has 0 aliphatic heterocycles. The van der Waals surface area contributed by atoms with Crippen LogP contribution in [-0.2, 0) is 14.3 Å². The Morgan fingerprint density at radius 3 is 2.36 bits per heavy atom. The van der Waals surface area contributed by atoms with Gasteiger partial charge in [0.2, 0.25) is 5.91 Å². The molecule has 2 aromatic rings. The van der Waals surface area contributed by atoms with E-state index < -0.39 is 18.5 Å². The molecule has 6 rings (SSSR count). The summed E-state index contributed by atoms with van der Waals surface area (Å²) in [5, 5.41) is 15.0. The number of carbonyl (C=O) groups is 3. The predicted octanol–water partition coefficient (Wildman–Crippen LogP) is 4.53. The average Bonchev–Trinajstić information content (AvgIpc) is 2.85. The first-order valence-electron chi connectivity index (χ1n) is 12.4. The maximum Gasteiger partial charge on any atom is 0.339 e. The fourth-order valence-electron chi connectivity index (χ4n) is 6.57. The molecule has 2 amide bonds. The molecule has 4 aliphatic rings. The van der Waals surface area contributed by atoms with Gasteiger partial charge in [-0.25, -0.2) is 4.79 Å². The topological polar surface area (TPSA) is 108 Å². The monoisotopic (exact) mass is 503 g/mol. The summed E-state index contributed by atoms with van der Waals surface area (Å²) >= 11 is 1.31. The molecule has 4 bridgehead atoms. The number of amides is 2. The standard InChI is InChI=1S/C28H29N3O4S/c29-15-18-4-3-5-22(11-18)30-25(32)16-35-27(34)23-6-1-2-7-24(23)36-17-26(33)31-28-12-19-8-20(13-28)10-21(9-19)14-28/h1-7,11,19-21H,8-10,12-14,16-17H2,(H,30,32)(H,31,33). The van der Waals surface area contributed by atoms with Crippen molar-refractivity contribution in [2.75, 3.05) is 17.7 Å². The molecule has 0 atom stereocenters. The molecule has 186 valence electrons. The van der Waals surface area contributed by atoms with Gasteiger partial charge in [-0.05, 0) is 86.6 Å². The van der Waals surface area contributed by atoms with Crippen molar-refractivity contribution in [3.8, 4) is 6.07 Å². The number of ether oxygens (including phenoxy) is 1. The van der Waals surface area contributed by atoms with Crippen LogP contribution in [0.25, 0.3) is 0 Å². The van der Waals surface area contributed by atoms with Crippen LogP contribution in [0.4, 0.5) is 5.69 Å².